The molecule has 8 heteroatoms. The van der Waals surface area contributed by atoms with Gasteiger partial charge < -0.3 is 19.5 Å². The van der Waals surface area contributed by atoms with Gasteiger partial charge in [-0.05, 0) is 56.1 Å². The van der Waals surface area contributed by atoms with Crippen LogP contribution in [0.2, 0.25) is 0 Å². The number of hydrogen-bond donors (Lipinski definition) is 2. The summed E-state index contributed by atoms with van der Waals surface area (Å²) in [5, 5.41) is 0.530. The Morgan fingerprint density at radius 3 is 2.67 bits per heavy atom. The first-order valence-corrected chi connectivity index (χ1v) is 11.4. The number of amides is 1. The Labute approximate surface area is 181 Å². The number of hydrogen-bond acceptors (Lipinski definition) is 4. The first-order valence-electron chi connectivity index (χ1n) is 11.0. The number of carbonyl (C=O) groups excluding carboxylic acids is 1. The lowest BCUT2D eigenvalue weighted by molar-refractivity contribution is -0.930. The number of aromatic nitrogens is 2. The van der Waals surface area contributed by atoms with E-state index in [4.69, 9.17) is 17.0 Å². The van der Waals surface area contributed by atoms with E-state index < -0.39 is 0 Å². The second-order valence-electron chi connectivity index (χ2n) is 8.43. The molecule has 2 aliphatic rings. The van der Waals surface area contributed by atoms with Crippen molar-refractivity contribution in [2.45, 2.75) is 44.7 Å². The van der Waals surface area contributed by atoms with E-state index >= 15 is 0 Å². The standard InChI is InChI=1S/C22H30N4O3S/c1-29-14-13-26-21(28)18-8-7-16(15-19(18)23-22(26)30)20(27)25-11-9-24(10-12-25)17-5-3-2-4-6-17/h7-8,15,17H,2-6,9-14H2,1H3,(H,23,30)/p+1. The van der Waals surface area contributed by atoms with Gasteiger partial charge in [0.1, 0.15) is 0 Å². The molecule has 1 aromatic heterocycles. The first kappa shape index (κ1) is 21.2. The van der Waals surface area contributed by atoms with Gasteiger partial charge >= 0.3 is 0 Å². The number of nitrogens with zero attached hydrogens (tertiary/aromatic N) is 2. The fourth-order valence-corrected chi connectivity index (χ4v) is 5.16. The fourth-order valence-electron chi connectivity index (χ4n) is 4.87. The van der Waals surface area contributed by atoms with Gasteiger partial charge in [0.05, 0.1) is 56.3 Å². The van der Waals surface area contributed by atoms with E-state index in [2.05, 4.69) is 4.98 Å². The number of ether oxygens (including phenoxy) is 1. The van der Waals surface area contributed by atoms with Gasteiger partial charge in [0, 0.05) is 12.7 Å². The van der Waals surface area contributed by atoms with E-state index in [1.54, 1.807) is 30.2 Å². The van der Waals surface area contributed by atoms with Crippen molar-refractivity contribution in [1.82, 2.24) is 14.5 Å². The molecule has 162 valence electrons. The molecule has 1 aliphatic carbocycles. The fraction of sp³-hybridized carbons (Fsp3) is 0.591. The topological polar surface area (TPSA) is 71.8 Å². The predicted molar refractivity (Wildman–Crippen MR) is 119 cm³/mol. The molecular formula is C22H31N4O3S+. The van der Waals surface area contributed by atoms with Crippen molar-refractivity contribution in [1.29, 1.82) is 0 Å². The highest BCUT2D eigenvalue weighted by Crippen LogP contribution is 2.16. The van der Waals surface area contributed by atoms with E-state index in [9.17, 15) is 9.59 Å². The van der Waals surface area contributed by atoms with Crippen LogP contribution in [0, 0.1) is 4.77 Å². The maximum atomic E-state index is 13.1. The first-order chi connectivity index (χ1) is 14.6. The summed E-state index contributed by atoms with van der Waals surface area (Å²) in [6.07, 6.45) is 6.73. The van der Waals surface area contributed by atoms with Gasteiger partial charge in [-0.15, -0.1) is 0 Å². The molecule has 30 heavy (non-hydrogen) atoms. The average molecular weight is 432 g/mol. The number of aromatic amines is 1. The minimum Gasteiger partial charge on any atom is -0.383 e. The minimum absolute atomic E-state index is 0.0301. The molecule has 2 aromatic rings. The number of methoxy groups -OCH3 is 1. The summed E-state index contributed by atoms with van der Waals surface area (Å²) >= 11 is 5.34. The summed E-state index contributed by atoms with van der Waals surface area (Å²) in [6.45, 7) is 4.44. The largest absolute Gasteiger partial charge is 0.383 e. The lowest BCUT2D eigenvalue weighted by atomic mass is 9.94. The number of piperazine rings is 1. The molecule has 4 rings (SSSR count). The highest BCUT2D eigenvalue weighted by atomic mass is 32.1. The van der Waals surface area contributed by atoms with Crippen LogP contribution in [0.3, 0.4) is 0 Å². The van der Waals surface area contributed by atoms with Gasteiger partial charge in [0.15, 0.2) is 4.77 Å². The Hall–Kier alpha value is -2.03. The summed E-state index contributed by atoms with van der Waals surface area (Å²) in [5.74, 6) is 0.0301. The maximum Gasteiger partial charge on any atom is 0.262 e. The number of nitrogens with one attached hydrogen (secondary N) is 2. The van der Waals surface area contributed by atoms with Crippen LogP contribution < -0.4 is 10.5 Å². The Kier molecular flexibility index (Phi) is 6.65. The lowest BCUT2D eigenvalue weighted by Gasteiger charge is -2.38. The molecule has 2 heterocycles. The van der Waals surface area contributed by atoms with E-state index in [-0.39, 0.29) is 11.5 Å². The van der Waals surface area contributed by atoms with Crippen molar-refractivity contribution >= 4 is 29.0 Å². The molecule has 0 radical (unpaired) electrons. The summed E-state index contributed by atoms with van der Waals surface area (Å²) in [7, 11) is 1.59. The van der Waals surface area contributed by atoms with E-state index in [1.165, 1.54) is 36.7 Å². The van der Waals surface area contributed by atoms with Crippen molar-refractivity contribution in [2.24, 2.45) is 0 Å². The van der Waals surface area contributed by atoms with Crippen molar-refractivity contribution in [3.05, 3.63) is 38.9 Å². The zero-order valence-corrected chi connectivity index (χ0v) is 18.4. The van der Waals surface area contributed by atoms with E-state index in [1.807, 2.05) is 4.90 Å². The third kappa shape index (κ3) is 4.36. The highest BCUT2D eigenvalue weighted by molar-refractivity contribution is 7.71. The van der Waals surface area contributed by atoms with Gasteiger partial charge in [-0.2, -0.15) is 0 Å². The second-order valence-corrected chi connectivity index (χ2v) is 8.81. The second kappa shape index (κ2) is 9.41. The average Bonchev–Trinajstić information content (AvgIpc) is 2.79. The third-order valence-corrected chi connectivity index (χ3v) is 6.95. The van der Waals surface area contributed by atoms with Crippen molar-refractivity contribution in [3.63, 3.8) is 0 Å². The van der Waals surface area contributed by atoms with Gasteiger partial charge in [0.25, 0.3) is 11.5 Å². The van der Waals surface area contributed by atoms with Gasteiger partial charge in [-0.25, -0.2) is 0 Å². The number of carbonyl (C=O) groups is 1. The SMILES string of the molecule is COCCn1c(=S)[nH]c2cc(C(=O)N3CC[NH+](C4CCCCC4)CC3)ccc2c1=O. The molecular weight excluding hydrogens is 400 g/mol. The Morgan fingerprint density at radius 2 is 1.97 bits per heavy atom. The monoisotopic (exact) mass is 431 g/mol. The molecule has 1 saturated heterocycles. The molecule has 1 amide bonds. The molecule has 0 unspecified atom stereocenters. The summed E-state index contributed by atoms with van der Waals surface area (Å²) in [4.78, 5) is 32.5. The molecule has 1 aliphatic heterocycles. The number of rotatable bonds is 5. The highest BCUT2D eigenvalue weighted by Gasteiger charge is 2.30. The Balaban J connectivity index is 1.48. The van der Waals surface area contributed by atoms with Gasteiger partial charge in [0.2, 0.25) is 0 Å². The Morgan fingerprint density at radius 1 is 1.23 bits per heavy atom. The van der Waals surface area contributed by atoms with Crippen LogP contribution in [-0.2, 0) is 11.3 Å². The molecule has 7 nitrogen and oxygen atoms in total. The zero-order valence-electron chi connectivity index (χ0n) is 17.6. The van der Waals surface area contributed by atoms with Crippen molar-refractivity contribution in [2.75, 3.05) is 39.9 Å². The zero-order chi connectivity index (χ0) is 21.1. The molecule has 2 fully saturated rings. The van der Waals surface area contributed by atoms with Crippen molar-refractivity contribution in [3.8, 4) is 0 Å². The normalized spacial score (nSPS) is 18.8. The number of quaternary nitrogens is 1. The summed E-state index contributed by atoms with van der Waals surface area (Å²) in [6, 6.07) is 6.01. The van der Waals surface area contributed by atoms with Crippen LogP contribution in [0.5, 0.6) is 0 Å². The third-order valence-electron chi connectivity index (χ3n) is 6.62. The van der Waals surface area contributed by atoms with E-state index in [0.717, 1.165) is 32.2 Å². The van der Waals surface area contributed by atoms with Gasteiger partial charge in [-0.3, -0.25) is 14.2 Å². The molecule has 1 aromatic carbocycles. The molecule has 2 N–H and O–H groups in total. The van der Waals surface area contributed by atoms with E-state index in [0.29, 0.717) is 34.4 Å². The number of fused-ring (bicyclic) bond motifs is 1. The van der Waals surface area contributed by atoms with Gasteiger partial charge in [-0.1, -0.05) is 6.42 Å². The Bertz CT molecular complexity index is 1020. The van der Waals surface area contributed by atoms with Crippen LogP contribution in [0.15, 0.2) is 23.0 Å². The lowest BCUT2D eigenvalue weighted by Crippen LogP contribution is -3.18. The quantitative estimate of drug-likeness (QED) is 0.702. The minimum atomic E-state index is -0.158. The molecule has 0 atom stereocenters. The number of H-pyrrole nitrogens is 1. The maximum absolute atomic E-state index is 13.1. The van der Waals surface area contributed by atoms with Crippen LogP contribution >= 0.6 is 12.2 Å². The van der Waals surface area contributed by atoms with Crippen LogP contribution in [0.1, 0.15) is 42.5 Å². The molecule has 0 spiro atoms. The smallest absolute Gasteiger partial charge is 0.262 e. The molecule has 0 bridgehead atoms. The number of benzene rings is 1. The van der Waals surface area contributed by atoms with Crippen LogP contribution in [-0.4, -0.2) is 66.3 Å². The summed E-state index contributed by atoms with van der Waals surface area (Å²) < 4.78 is 6.90. The van der Waals surface area contributed by atoms with Crippen molar-refractivity contribution < 1.29 is 14.4 Å². The summed E-state index contributed by atoms with van der Waals surface area (Å²) in [5.41, 5.74) is 1.05. The van der Waals surface area contributed by atoms with Crippen LogP contribution in [0.4, 0.5) is 0 Å². The predicted octanol–water partition coefficient (Wildman–Crippen LogP) is 1.38. The molecule has 1 saturated carbocycles. The van der Waals surface area contributed by atoms with Crippen LogP contribution in [0.25, 0.3) is 10.9 Å².